The zero-order valence-corrected chi connectivity index (χ0v) is 18.8. The number of carbonyl (C=O) groups is 2. The summed E-state index contributed by atoms with van der Waals surface area (Å²) < 4.78 is 0. The molecule has 1 aromatic heterocycles. The first kappa shape index (κ1) is 21.4. The predicted octanol–water partition coefficient (Wildman–Crippen LogP) is 3.30. The van der Waals surface area contributed by atoms with Gasteiger partial charge in [-0.25, -0.2) is 4.99 Å². The highest BCUT2D eigenvalue weighted by Gasteiger charge is 2.21. The summed E-state index contributed by atoms with van der Waals surface area (Å²) in [5, 5.41) is 4.40. The third-order valence-corrected chi connectivity index (χ3v) is 5.85. The molecule has 5 rings (SSSR count). The number of aryl methyl sites for hydroxylation is 1. The maximum atomic E-state index is 13.3. The molecule has 0 radical (unpaired) electrons. The maximum Gasteiger partial charge on any atom is 0.278 e. The molecule has 2 amide bonds. The fourth-order valence-corrected chi connectivity index (χ4v) is 4.05. The molecule has 166 valence electrons. The lowest BCUT2D eigenvalue weighted by Crippen LogP contribution is -2.27. The van der Waals surface area contributed by atoms with Crippen molar-refractivity contribution in [2.75, 3.05) is 0 Å². The number of aromatic nitrogens is 2. The van der Waals surface area contributed by atoms with Gasteiger partial charge in [-0.15, -0.1) is 0 Å². The second-order valence-corrected chi connectivity index (χ2v) is 8.30. The van der Waals surface area contributed by atoms with Crippen LogP contribution in [0.15, 0.2) is 90.3 Å². The number of carbonyl (C=O) groups excluding carboxylic acids is 2. The van der Waals surface area contributed by atoms with Crippen molar-refractivity contribution in [1.82, 2.24) is 15.3 Å². The van der Waals surface area contributed by atoms with Crippen LogP contribution in [0.3, 0.4) is 0 Å². The van der Waals surface area contributed by atoms with Gasteiger partial charge in [0.2, 0.25) is 0 Å². The van der Waals surface area contributed by atoms with E-state index in [1.165, 1.54) is 0 Å². The Morgan fingerprint density at radius 3 is 2.44 bits per heavy atom. The minimum atomic E-state index is -0.329. The van der Waals surface area contributed by atoms with E-state index in [0.29, 0.717) is 27.8 Å². The van der Waals surface area contributed by atoms with Gasteiger partial charge in [0.25, 0.3) is 11.8 Å². The highest BCUT2D eigenvalue weighted by Crippen LogP contribution is 2.27. The first-order valence-electron chi connectivity index (χ1n) is 11.0. The second kappa shape index (κ2) is 8.83. The van der Waals surface area contributed by atoms with Crippen LogP contribution in [0.1, 0.15) is 40.1 Å². The first-order chi connectivity index (χ1) is 16.5. The molecule has 3 aromatic carbocycles. The van der Waals surface area contributed by atoms with Crippen LogP contribution in [0, 0.1) is 6.92 Å². The molecule has 4 aromatic rings. The standard InChI is InChI=1S/C28H22N4O2/c1-17-7-9-19(10-8-17)20-13-21(26-23-5-3-4-6-24(23)32-28(26)34)15-22(14-20)27(33)31-18(2)25-16-29-11-12-30-25/h3-16,18H,1-2H3,(H,31,33). The minimum Gasteiger partial charge on any atom is -0.344 e. The van der Waals surface area contributed by atoms with E-state index in [1.54, 1.807) is 24.7 Å². The maximum absolute atomic E-state index is 13.3. The minimum absolute atomic E-state index is 0.260. The zero-order chi connectivity index (χ0) is 23.7. The normalized spacial score (nSPS) is 13.2. The van der Waals surface area contributed by atoms with Crippen molar-refractivity contribution in [2.24, 2.45) is 4.99 Å². The Morgan fingerprint density at radius 2 is 1.68 bits per heavy atom. The second-order valence-electron chi connectivity index (χ2n) is 8.30. The molecule has 6 nitrogen and oxygen atoms in total. The highest BCUT2D eigenvalue weighted by atomic mass is 16.2. The van der Waals surface area contributed by atoms with Gasteiger partial charge in [-0.1, -0.05) is 48.0 Å². The Balaban J connectivity index is 1.62. The Labute approximate surface area is 196 Å². The molecular weight excluding hydrogens is 424 g/mol. The van der Waals surface area contributed by atoms with E-state index >= 15 is 0 Å². The fraction of sp³-hybridized carbons (Fsp3) is 0.107. The third kappa shape index (κ3) is 4.13. The van der Waals surface area contributed by atoms with Crippen molar-refractivity contribution < 1.29 is 9.59 Å². The molecule has 1 aliphatic heterocycles. The summed E-state index contributed by atoms with van der Waals surface area (Å²) >= 11 is 0. The van der Waals surface area contributed by atoms with Crippen molar-refractivity contribution in [1.29, 1.82) is 0 Å². The topological polar surface area (TPSA) is 84.3 Å². The summed E-state index contributed by atoms with van der Waals surface area (Å²) in [4.78, 5) is 38.7. The number of nitrogens with zero attached hydrogens (tertiary/aromatic N) is 3. The number of hydrogen-bond acceptors (Lipinski definition) is 4. The Morgan fingerprint density at radius 1 is 0.912 bits per heavy atom. The molecule has 0 spiro atoms. The van der Waals surface area contributed by atoms with E-state index in [0.717, 1.165) is 21.9 Å². The number of rotatable bonds is 5. The molecule has 6 heteroatoms. The molecule has 0 saturated carbocycles. The number of nitrogens with one attached hydrogen (secondary N) is 1. The lowest BCUT2D eigenvalue weighted by atomic mass is 9.94. The van der Waals surface area contributed by atoms with Gasteiger partial charge in [0.05, 0.1) is 28.9 Å². The van der Waals surface area contributed by atoms with Crippen molar-refractivity contribution in [3.63, 3.8) is 0 Å². The van der Waals surface area contributed by atoms with E-state index in [4.69, 9.17) is 0 Å². The molecule has 1 unspecified atom stereocenters. The summed E-state index contributed by atoms with van der Waals surface area (Å²) in [6.07, 6.45) is 4.82. The van der Waals surface area contributed by atoms with Gasteiger partial charge >= 0.3 is 0 Å². The quantitative estimate of drug-likeness (QED) is 0.510. The third-order valence-electron chi connectivity index (χ3n) is 5.85. The average molecular weight is 447 g/mol. The van der Waals surface area contributed by atoms with Gasteiger partial charge in [0.15, 0.2) is 0 Å². The lowest BCUT2D eigenvalue weighted by molar-refractivity contribution is -0.112. The number of para-hydroxylation sites is 1. The highest BCUT2D eigenvalue weighted by molar-refractivity contribution is 6.21. The van der Waals surface area contributed by atoms with Crippen LogP contribution in [0.2, 0.25) is 0 Å². The summed E-state index contributed by atoms with van der Waals surface area (Å²) in [5.41, 5.74) is 5.23. The van der Waals surface area contributed by atoms with Crippen LogP contribution >= 0.6 is 0 Å². The van der Waals surface area contributed by atoms with Crippen LogP contribution in [0.4, 0.5) is 0 Å². The van der Waals surface area contributed by atoms with Crippen molar-refractivity contribution >= 4 is 17.4 Å². The van der Waals surface area contributed by atoms with Crippen molar-refractivity contribution in [3.8, 4) is 11.1 Å². The number of amides is 2. The summed E-state index contributed by atoms with van der Waals surface area (Å²) in [6, 6.07) is 20.7. The molecule has 34 heavy (non-hydrogen) atoms. The zero-order valence-electron chi connectivity index (χ0n) is 18.8. The number of fused-ring (bicyclic) bond motifs is 1. The van der Waals surface area contributed by atoms with Crippen molar-refractivity contribution in [3.05, 3.63) is 118 Å². The summed E-state index contributed by atoms with van der Waals surface area (Å²) in [6.45, 7) is 3.88. The van der Waals surface area contributed by atoms with Gasteiger partial charge in [-0.3, -0.25) is 19.6 Å². The van der Waals surface area contributed by atoms with Gasteiger partial charge < -0.3 is 5.32 Å². The van der Waals surface area contributed by atoms with Crippen LogP contribution in [-0.4, -0.2) is 21.8 Å². The van der Waals surface area contributed by atoms with E-state index in [2.05, 4.69) is 20.3 Å². The number of benzene rings is 3. The summed E-state index contributed by atoms with van der Waals surface area (Å²) in [7, 11) is 0. The van der Waals surface area contributed by atoms with Crippen LogP contribution < -0.4 is 15.9 Å². The van der Waals surface area contributed by atoms with Crippen molar-refractivity contribution in [2.45, 2.75) is 19.9 Å². The Bertz CT molecular complexity index is 1530. The Kier molecular flexibility index (Phi) is 5.55. The van der Waals surface area contributed by atoms with Gasteiger partial charge in [0.1, 0.15) is 0 Å². The van der Waals surface area contributed by atoms with Crippen LogP contribution in [-0.2, 0) is 4.79 Å². The molecular formula is C28H22N4O2. The molecule has 0 bridgehead atoms. The van der Waals surface area contributed by atoms with Crippen LogP contribution in [0.5, 0.6) is 0 Å². The first-order valence-corrected chi connectivity index (χ1v) is 11.0. The van der Waals surface area contributed by atoms with E-state index in [9.17, 15) is 9.59 Å². The molecule has 1 atom stereocenters. The molecule has 0 saturated heterocycles. The number of hydrogen-bond donors (Lipinski definition) is 1. The smallest absolute Gasteiger partial charge is 0.278 e. The Hall–Kier alpha value is -4.45. The molecule has 1 aliphatic rings. The van der Waals surface area contributed by atoms with Gasteiger partial charge in [-0.05, 0) is 54.8 Å². The molecule has 2 heterocycles. The summed E-state index contributed by atoms with van der Waals surface area (Å²) in [5.74, 6) is -0.564. The predicted molar refractivity (Wildman–Crippen MR) is 129 cm³/mol. The SMILES string of the molecule is Cc1ccc(-c2cc(C(=O)NC(C)c3cnccn3)cc(C3=c4ccccc4=NC3=O)c2)cc1. The van der Waals surface area contributed by atoms with E-state index < -0.39 is 0 Å². The molecule has 0 fully saturated rings. The lowest BCUT2D eigenvalue weighted by Gasteiger charge is -2.15. The van der Waals surface area contributed by atoms with E-state index in [1.807, 2.05) is 74.5 Å². The van der Waals surface area contributed by atoms with Gasteiger partial charge in [0, 0.05) is 23.2 Å². The largest absolute Gasteiger partial charge is 0.344 e. The average Bonchev–Trinajstić information content (AvgIpc) is 3.20. The molecule has 0 aliphatic carbocycles. The molecule has 1 N–H and O–H groups in total. The fourth-order valence-electron chi connectivity index (χ4n) is 4.05. The van der Waals surface area contributed by atoms with Gasteiger partial charge in [-0.2, -0.15) is 0 Å². The van der Waals surface area contributed by atoms with Crippen LogP contribution in [0.25, 0.3) is 16.7 Å². The monoisotopic (exact) mass is 446 g/mol. The van der Waals surface area contributed by atoms with E-state index in [-0.39, 0.29) is 17.9 Å².